The van der Waals surface area contributed by atoms with Crippen LogP contribution in [0, 0.1) is 0 Å². The summed E-state index contributed by atoms with van der Waals surface area (Å²) in [6, 6.07) is 13.5. The van der Waals surface area contributed by atoms with Crippen LogP contribution in [-0.2, 0) is 11.2 Å². The van der Waals surface area contributed by atoms with Crippen LogP contribution in [0.3, 0.4) is 0 Å². The van der Waals surface area contributed by atoms with Gasteiger partial charge in [-0.05, 0) is 48.7 Å². The van der Waals surface area contributed by atoms with Crippen LogP contribution in [0.15, 0.2) is 60.0 Å². The highest BCUT2D eigenvalue weighted by molar-refractivity contribution is 8.26. The molecule has 0 unspecified atom stereocenters. The van der Waals surface area contributed by atoms with Gasteiger partial charge in [-0.1, -0.05) is 54.3 Å². The highest BCUT2D eigenvalue weighted by atomic mass is 32.2. The van der Waals surface area contributed by atoms with Crippen molar-refractivity contribution in [1.29, 1.82) is 0 Å². The standard InChI is InChI=1S/C24H25NO4S2/c1-4-8-18-9-6-7-10-19(18)28-13-14-29-20-12-11-17(15-21(20)27-5-2)16-22-23(26)25(3)24(30)31-22/h4,6-7,9-12,15-16H,1,5,8,13-14H2,2-3H3/b22-16+. The molecule has 0 spiro atoms. The molecule has 2 aromatic rings. The van der Waals surface area contributed by atoms with E-state index in [4.69, 9.17) is 26.4 Å². The Morgan fingerprint density at radius 2 is 1.81 bits per heavy atom. The molecule has 0 atom stereocenters. The number of carbonyl (C=O) groups excluding carboxylic acids is 1. The molecule has 2 aromatic carbocycles. The summed E-state index contributed by atoms with van der Waals surface area (Å²) in [6.07, 6.45) is 4.42. The summed E-state index contributed by atoms with van der Waals surface area (Å²) in [5.41, 5.74) is 1.94. The largest absolute Gasteiger partial charge is 0.490 e. The second-order valence-electron chi connectivity index (χ2n) is 6.68. The lowest BCUT2D eigenvalue weighted by Crippen LogP contribution is -2.22. The van der Waals surface area contributed by atoms with E-state index in [1.165, 1.54) is 16.7 Å². The predicted molar refractivity (Wildman–Crippen MR) is 130 cm³/mol. The van der Waals surface area contributed by atoms with Gasteiger partial charge in [-0.3, -0.25) is 9.69 Å². The van der Waals surface area contributed by atoms with Crippen LogP contribution in [0.5, 0.6) is 17.2 Å². The quantitative estimate of drug-likeness (QED) is 0.215. The van der Waals surface area contributed by atoms with Crippen LogP contribution < -0.4 is 14.2 Å². The fraction of sp³-hybridized carbons (Fsp3) is 0.250. The van der Waals surface area contributed by atoms with Crippen molar-refractivity contribution in [3.63, 3.8) is 0 Å². The maximum absolute atomic E-state index is 12.2. The third-order valence-corrected chi connectivity index (χ3v) is 5.97. The SMILES string of the molecule is C=CCc1ccccc1OCCOc1ccc(/C=C2/SC(=S)N(C)C2=O)cc1OCC. The van der Waals surface area contributed by atoms with E-state index >= 15 is 0 Å². The average Bonchev–Trinajstić information content (AvgIpc) is 3.00. The lowest BCUT2D eigenvalue weighted by Gasteiger charge is -2.14. The molecule has 3 rings (SSSR count). The van der Waals surface area contributed by atoms with E-state index in [9.17, 15) is 4.79 Å². The lowest BCUT2D eigenvalue weighted by molar-refractivity contribution is -0.121. The number of thiocarbonyl (C=S) groups is 1. The van der Waals surface area contributed by atoms with E-state index < -0.39 is 0 Å². The molecule has 0 aromatic heterocycles. The zero-order chi connectivity index (χ0) is 22.2. The first kappa shape index (κ1) is 22.9. The zero-order valence-corrected chi connectivity index (χ0v) is 19.3. The maximum atomic E-state index is 12.2. The molecule has 1 saturated heterocycles. The number of rotatable bonds is 10. The molecule has 1 aliphatic heterocycles. The average molecular weight is 456 g/mol. The summed E-state index contributed by atoms with van der Waals surface area (Å²) in [6.45, 7) is 6.98. The van der Waals surface area contributed by atoms with Gasteiger partial charge in [0.1, 0.15) is 23.3 Å². The summed E-state index contributed by atoms with van der Waals surface area (Å²) in [5.74, 6) is 1.99. The Hall–Kier alpha value is -2.77. The monoisotopic (exact) mass is 455 g/mol. The van der Waals surface area contributed by atoms with E-state index in [-0.39, 0.29) is 5.91 Å². The fourth-order valence-corrected chi connectivity index (χ4v) is 4.15. The number of thioether (sulfide) groups is 1. The number of nitrogens with zero attached hydrogens (tertiary/aromatic N) is 1. The molecule has 1 heterocycles. The number of carbonyl (C=O) groups is 1. The summed E-state index contributed by atoms with van der Waals surface area (Å²) < 4.78 is 18.1. The van der Waals surface area contributed by atoms with Crippen molar-refractivity contribution in [2.75, 3.05) is 26.9 Å². The number of ether oxygens (including phenoxy) is 3. The molecule has 0 aliphatic carbocycles. The van der Waals surface area contributed by atoms with Crippen LogP contribution in [-0.4, -0.2) is 42.0 Å². The smallest absolute Gasteiger partial charge is 0.265 e. The van der Waals surface area contributed by atoms with E-state index in [0.717, 1.165) is 23.3 Å². The summed E-state index contributed by atoms with van der Waals surface area (Å²) in [5, 5.41) is 0. The van der Waals surface area contributed by atoms with Gasteiger partial charge in [0.15, 0.2) is 11.5 Å². The van der Waals surface area contributed by atoms with Gasteiger partial charge in [0.25, 0.3) is 5.91 Å². The van der Waals surface area contributed by atoms with Crippen LogP contribution in [0.25, 0.3) is 6.08 Å². The Bertz CT molecular complexity index is 1000. The van der Waals surface area contributed by atoms with Gasteiger partial charge in [0, 0.05) is 7.05 Å². The molecule has 1 aliphatic rings. The highest BCUT2D eigenvalue weighted by Crippen LogP contribution is 2.34. The molecule has 0 N–H and O–H groups in total. The zero-order valence-electron chi connectivity index (χ0n) is 17.6. The van der Waals surface area contributed by atoms with Crippen molar-refractivity contribution in [3.8, 4) is 17.2 Å². The first-order valence-corrected chi connectivity index (χ1v) is 11.2. The molecule has 1 amide bonds. The summed E-state index contributed by atoms with van der Waals surface area (Å²) in [4.78, 5) is 14.3. The molecule has 5 nitrogen and oxygen atoms in total. The Balaban J connectivity index is 1.65. The van der Waals surface area contributed by atoms with Crippen LogP contribution in [0.4, 0.5) is 0 Å². The van der Waals surface area contributed by atoms with Gasteiger partial charge in [0.05, 0.1) is 11.5 Å². The molecule has 1 fully saturated rings. The normalized spacial score (nSPS) is 14.8. The van der Waals surface area contributed by atoms with Gasteiger partial charge in [-0.2, -0.15) is 0 Å². The maximum Gasteiger partial charge on any atom is 0.265 e. The Morgan fingerprint density at radius 1 is 1.06 bits per heavy atom. The van der Waals surface area contributed by atoms with Gasteiger partial charge in [0.2, 0.25) is 0 Å². The third-order valence-electron chi connectivity index (χ3n) is 4.49. The number of amides is 1. The van der Waals surface area contributed by atoms with Gasteiger partial charge >= 0.3 is 0 Å². The van der Waals surface area contributed by atoms with Crippen molar-refractivity contribution in [2.24, 2.45) is 0 Å². The number of likely N-dealkylation sites (N-methyl/N-ethyl adjacent to an activating group) is 1. The van der Waals surface area contributed by atoms with Crippen molar-refractivity contribution >= 4 is 40.3 Å². The van der Waals surface area contributed by atoms with E-state index in [1.54, 1.807) is 7.05 Å². The van der Waals surface area contributed by atoms with Crippen molar-refractivity contribution in [1.82, 2.24) is 4.90 Å². The molecule has 0 bridgehead atoms. The van der Waals surface area contributed by atoms with Crippen molar-refractivity contribution in [2.45, 2.75) is 13.3 Å². The van der Waals surface area contributed by atoms with E-state index in [1.807, 2.05) is 61.5 Å². The summed E-state index contributed by atoms with van der Waals surface area (Å²) in [7, 11) is 1.68. The minimum Gasteiger partial charge on any atom is -0.490 e. The second kappa shape index (κ2) is 11.0. The van der Waals surface area contributed by atoms with Crippen LogP contribution in [0.2, 0.25) is 0 Å². The van der Waals surface area contributed by atoms with Gasteiger partial charge in [-0.15, -0.1) is 6.58 Å². The lowest BCUT2D eigenvalue weighted by atomic mass is 10.1. The first-order chi connectivity index (χ1) is 15.0. The Labute approximate surface area is 192 Å². The Morgan fingerprint density at radius 3 is 2.48 bits per heavy atom. The van der Waals surface area contributed by atoms with Gasteiger partial charge < -0.3 is 14.2 Å². The number of hydrogen-bond donors (Lipinski definition) is 0. The molecule has 7 heteroatoms. The van der Waals surface area contributed by atoms with E-state index in [0.29, 0.717) is 40.5 Å². The first-order valence-electron chi connectivity index (χ1n) is 9.96. The molecule has 31 heavy (non-hydrogen) atoms. The molecule has 162 valence electrons. The van der Waals surface area contributed by atoms with Crippen LogP contribution in [0.1, 0.15) is 18.1 Å². The number of allylic oxidation sites excluding steroid dienone is 1. The van der Waals surface area contributed by atoms with Crippen LogP contribution >= 0.6 is 24.0 Å². The molecular weight excluding hydrogens is 430 g/mol. The minimum atomic E-state index is -0.0952. The fourth-order valence-electron chi connectivity index (χ4n) is 2.97. The number of hydrogen-bond acceptors (Lipinski definition) is 6. The van der Waals surface area contributed by atoms with Gasteiger partial charge in [-0.25, -0.2) is 0 Å². The predicted octanol–water partition coefficient (Wildman–Crippen LogP) is 5.10. The molecule has 0 saturated carbocycles. The highest BCUT2D eigenvalue weighted by Gasteiger charge is 2.28. The third kappa shape index (κ3) is 5.89. The number of benzene rings is 2. The molecule has 0 radical (unpaired) electrons. The topological polar surface area (TPSA) is 48.0 Å². The summed E-state index contributed by atoms with van der Waals surface area (Å²) >= 11 is 6.48. The minimum absolute atomic E-state index is 0.0952. The van der Waals surface area contributed by atoms with E-state index in [2.05, 4.69) is 6.58 Å². The van der Waals surface area contributed by atoms with Crippen molar-refractivity contribution < 1.29 is 19.0 Å². The Kier molecular flexibility index (Phi) is 8.14. The molecular formula is C24H25NO4S2. The van der Waals surface area contributed by atoms with Crippen molar-refractivity contribution in [3.05, 3.63) is 71.2 Å². The number of para-hydroxylation sites is 1. The second-order valence-corrected chi connectivity index (χ2v) is 8.35.